The highest BCUT2D eigenvalue weighted by Crippen LogP contribution is 2.45. The number of aliphatic hydroxyl groups is 2. The minimum absolute atomic E-state index is 0.0582. The standard InChI is InChI=1S/C18H19FIN5O6/c1-24-4-5-30-10-6-9(7-21-14(10)24)15(28)22-12-2-3-25(17(29)23-12)16-18(19,20)13(27)11(8-26)31-16/h2-3,6-7,11,13,16,26-27H,4-5,8H2,1H3,(H,22,23,28,29)/t11-,13-,16?,18?/m1/s1. The average Bonchev–Trinajstić information content (AvgIpc) is 2.97. The molecule has 0 bridgehead atoms. The van der Waals surface area contributed by atoms with Gasteiger partial charge >= 0.3 is 5.69 Å². The van der Waals surface area contributed by atoms with E-state index in [1.165, 1.54) is 41.1 Å². The maximum atomic E-state index is 14.9. The van der Waals surface area contributed by atoms with Crippen LogP contribution in [-0.2, 0) is 4.74 Å². The molecule has 11 nitrogen and oxygen atoms in total. The van der Waals surface area contributed by atoms with Crippen molar-refractivity contribution in [2.24, 2.45) is 0 Å². The molecule has 2 unspecified atom stereocenters. The second-order valence-corrected chi connectivity index (χ2v) is 8.75. The van der Waals surface area contributed by atoms with Gasteiger partial charge in [-0.3, -0.25) is 9.36 Å². The minimum atomic E-state index is -2.36. The van der Waals surface area contributed by atoms with Crippen LogP contribution < -0.4 is 20.6 Å². The van der Waals surface area contributed by atoms with E-state index in [9.17, 15) is 24.2 Å². The largest absolute Gasteiger partial charge is 0.488 e. The van der Waals surface area contributed by atoms with Crippen LogP contribution in [0.25, 0.3) is 0 Å². The summed E-state index contributed by atoms with van der Waals surface area (Å²) in [7, 11) is 1.87. The topological polar surface area (TPSA) is 139 Å². The number of fused-ring (bicyclic) bond motifs is 1. The molecule has 4 heterocycles. The zero-order valence-electron chi connectivity index (χ0n) is 16.2. The van der Waals surface area contributed by atoms with Crippen LogP contribution in [0.5, 0.6) is 5.75 Å². The lowest BCUT2D eigenvalue weighted by Gasteiger charge is -2.26. The lowest BCUT2D eigenvalue weighted by molar-refractivity contribution is -0.0499. The van der Waals surface area contributed by atoms with Crippen molar-refractivity contribution in [1.82, 2.24) is 14.5 Å². The lowest BCUT2D eigenvalue weighted by Crippen LogP contribution is -2.40. The third kappa shape index (κ3) is 3.97. The number of carbonyl (C=O) groups is 1. The van der Waals surface area contributed by atoms with E-state index >= 15 is 0 Å². The number of halogens is 2. The molecule has 0 aliphatic carbocycles. The number of aromatic nitrogens is 3. The molecule has 0 saturated carbocycles. The molecule has 4 atom stereocenters. The van der Waals surface area contributed by atoms with Crippen molar-refractivity contribution in [1.29, 1.82) is 0 Å². The number of ether oxygens (including phenoxy) is 2. The van der Waals surface area contributed by atoms with Gasteiger partial charge in [0, 0.05) is 19.4 Å². The number of hydrogen-bond acceptors (Lipinski definition) is 9. The summed E-state index contributed by atoms with van der Waals surface area (Å²) in [4.78, 5) is 34.9. The lowest BCUT2D eigenvalue weighted by atomic mass is 10.1. The molecular weight excluding hydrogens is 528 g/mol. The third-order valence-corrected chi connectivity index (χ3v) is 6.20. The second kappa shape index (κ2) is 8.29. The van der Waals surface area contributed by atoms with Gasteiger partial charge in [0.1, 0.15) is 24.6 Å². The van der Waals surface area contributed by atoms with Crippen molar-refractivity contribution in [3.63, 3.8) is 0 Å². The van der Waals surface area contributed by atoms with E-state index in [4.69, 9.17) is 9.47 Å². The summed E-state index contributed by atoms with van der Waals surface area (Å²) in [6.07, 6.45) is -1.73. The zero-order valence-corrected chi connectivity index (χ0v) is 18.4. The molecule has 2 aromatic heterocycles. The SMILES string of the molecule is CN1CCOc2cc(C(=O)Nc3ccn(C4O[C@H](CO)[C@@H](O)C4(F)I)c(=O)n3)cnc21. The maximum absolute atomic E-state index is 14.9. The Morgan fingerprint density at radius 3 is 2.97 bits per heavy atom. The molecule has 31 heavy (non-hydrogen) atoms. The first-order valence-electron chi connectivity index (χ1n) is 9.29. The quantitative estimate of drug-likeness (QED) is 0.359. The first kappa shape index (κ1) is 21.9. The van der Waals surface area contributed by atoms with Crippen LogP contribution in [0, 0.1) is 0 Å². The van der Waals surface area contributed by atoms with Crippen molar-refractivity contribution in [2.45, 2.75) is 22.1 Å². The van der Waals surface area contributed by atoms with Crippen LogP contribution in [0.4, 0.5) is 16.0 Å². The monoisotopic (exact) mass is 547 g/mol. The molecular formula is C18H19FIN5O6. The van der Waals surface area contributed by atoms with Gasteiger partial charge in [-0.05, 0) is 34.7 Å². The van der Waals surface area contributed by atoms with Crippen molar-refractivity contribution in [2.75, 3.05) is 37.0 Å². The van der Waals surface area contributed by atoms with Gasteiger partial charge in [0.15, 0.2) is 17.8 Å². The van der Waals surface area contributed by atoms with Gasteiger partial charge in [-0.15, -0.1) is 0 Å². The summed E-state index contributed by atoms with van der Waals surface area (Å²) in [5.74, 6) is 0.481. The Morgan fingerprint density at radius 1 is 1.52 bits per heavy atom. The van der Waals surface area contributed by atoms with E-state index in [1.54, 1.807) is 6.07 Å². The normalized spacial score (nSPS) is 27.5. The predicted molar refractivity (Wildman–Crippen MR) is 114 cm³/mol. The van der Waals surface area contributed by atoms with Gasteiger partial charge in [-0.25, -0.2) is 14.2 Å². The number of alkyl halides is 2. The smallest absolute Gasteiger partial charge is 0.351 e. The molecule has 2 aliphatic rings. The van der Waals surface area contributed by atoms with E-state index in [2.05, 4.69) is 15.3 Å². The minimum Gasteiger partial charge on any atom is -0.488 e. The number of likely N-dealkylation sites (N-methyl/N-ethyl adjacent to an activating group) is 1. The van der Waals surface area contributed by atoms with Gasteiger partial charge in [0.05, 0.1) is 18.7 Å². The highest BCUT2D eigenvalue weighted by Gasteiger charge is 2.56. The van der Waals surface area contributed by atoms with E-state index in [-0.39, 0.29) is 11.4 Å². The Hall–Kier alpha value is -2.36. The van der Waals surface area contributed by atoms with Crippen LogP contribution in [0.2, 0.25) is 0 Å². The molecule has 166 valence electrons. The molecule has 2 aromatic rings. The third-order valence-electron chi connectivity index (χ3n) is 5.02. The van der Waals surface area contributed by atoms with Gasteiger partial charge in [-0.2, -0.15) is 4.98 Å². The number of nitrogens with one attached hydrogen (secondary N) is 1. The summed E-state index contributed by atoms with van der Waals surface area (Å²) in [5, 5.41) is 21.7. The van der Waals surface area contributed by atoms with E-state index in [0.29, 0.717) is 24.7 Å². The molecule has 0 spiro atoms. The number of aliphatic hydroxyl groups excluding tert-OH is 2. The summed E-state index contributed by atoms with van der Waals surface area (Å²) in [6, 6.07) is 2.84. The van der Waals surface area contributed by atoms with Crippen LogP contribution in [0.15, 0.2) is 29.3 Å². The molecule has 1 fully saturated rings. The molecule has 3 N–H and O–H groups in total. The first-order valence-corrected chi connectivity index (χ1v) is 10.4. The highest BCUT2D eigenvalue weighted by atomic mass is 127. The van der Waals surface area contributed by atoms with Gasteiger partial charge in [0.25, 0.3) is 5.91 Å². The number of nitrogens with zero attached hydrogens (tertiary/aromatic N) is 4. The Morgan fingerprint density at radius 2 is 2.29 bits per heavy atom. The summed E-state index contributed by atoms with van der Waals surface area (Å²) < 4.78 is 24.2. The number of hydrogen-bond donors (Lipinski definition) is 3. The van der Waals surface area contributed by atoms with Crippen LogP contribution in [-0.4, -0.2) is 73.3 Å². The Labute approximate surface area is 189 Å². The maximum Gasteiger partial charge on any atom is 0.351 e. The number of pyridine rings is 1. The van der Waals surface area contributed by atoms with Crippen LogP contribution >= 0.6 is 22.6 Å². The fourth-order valence-electron chi connectivity index (χ4n) is 3.32. The van der Waals surface area contributed by atoms with Crippen molar-refractivity contribution in [3.05, 3.63) is 40.6 Å². The molecule has 2 aliphatic heterocycles. The molecule has 0 radical (unpaired) electrons. The molecule has 1 saturated heterocycles. The summed E-state index contributed by atoms with van der Waals surface area (Å²) in [5.41, 5.74) is -0.691. The number of rotatable bonds is 4. The predicted octanol–water partition coefficient (Wildman–Crippen LogP) is 0.0706. The van der Waals surface area contributed by atoms with E-state index < -0.39 is 40.3 Å². The first-order chi connectivity index (χ1) is 14.7. The van der Waals surface area contributed by atoms with Crippen molar-refractivity contribution >= 4 is 40.1 Å². The van der Waals surface area contributed by atoms with Crippen LogP contribution in [0.3, 0.4) is 0 Å². The fraction of sp³-hybridized carbons (Fsp3) is 0.444. The Kier molecular flexibility index (Phi) is 5.85. The van der Waals surface area contributed by atoms with Crippen molar-refractivity contribution in [3.8, 4) is 5.75 Å². The molecule has 13 heteroatoms. The van der Waals surface area contributed by atoms with Crippen molar-refractivity contribution < 1.29 is 28.9 Å². The van der Waals surface area contributed by atoms with Gasteiger partial charge < -0.3 is 29.9 Å². The Balaban J connectivity index is 1.53. The number of carbonyl (C=O) groups excluding carboxylic acids is 1. The fourth-order valence-corrected chi connectivity index (χ4v) is 4.17. The summed E-state index contributed by atoms with van der Waals surface area (Å²) >= 11 is 1.34. The van der Waals surface area contributed by atoms with Gasteiger partial charge in [-0.1, -0.05) is 0 Å². The van der Waals surface area contributed by atoms with Gasteiger partial charge in [0.2, 0.25) is 3.68 Å². The van der Waals surface area contributed by atoms with E-state index in [0.717, 1.165) is 4.57 Å². The number of anilines is 2. The van der Waals surface area contributed by atoms with Crippen LogP contribution in [0.1, 0.15) is 16.6 Å². The molecule has 4 rings (SSSR count). The second-order valence-electron chi connectivity index (χ2n) is 7.10. The molecule has 1 amide bonds. The highest BCUT2D eigenvalue weighted by molar-refractivity contribution is 14.1. The molecule has 0 aromatic carbocycles. The average molecular weight is 547 g/mol. The Bertz CT molecular complexity index is 1070. The van der Waals surface area contributed by atoms with E-state index in [1.807, 2.05) is 11.9 Å². The zero-order chi connectivity index (χ0) is 22.3. The number of amides is 1. The summed E-state index contributed by atoms with van der Waals surface area (Å²) in [6.45, 7) is 0.541.